The Kier molecular flexibility index (Phi) is 14.9. The quantitative estimate of drug-likeness (QED) is 0.114. The Morgan fingerprint density at radius 3 is 1.77 bits per heavy atom. The number of pyridine rings is 1. The van der Waals surface area contributed by atoms with Crippen molar-refractivity contribution < 1.29 is 34.6 Å². The fraction of sp³-hybridized carbons (Fsp3) is 0.229. The molecule has 5 nitrogen and oxygen atoms in total. The van der Waals surface area contributed by atoms with Crippen LogP contribution in [0.2, 0.25) is 0 Å². The number of fused-ring (bicyclic) bond motifs is 4. The minimum atomic E-state index is -0.640. The van der Waals surface area contributed by atoms with Crippen LogP contribution in [0, 0.1) is 30.4 Å². The van der Waals surface area contributed by atoms with Crippen LogP contribution in [0.25, 0.3) is 61.0 Å². The molecule has 0 amide bonds. The summed E-state index contributed by atoms with van der Waals surface area (Å²) in [6.45, 7) is 26.6. The zero-order chi connectivity index (χ0) is 54.0. The molecule has 0 unspecified atom stereocenters. The monoisotopic (exact) mass is 1210 g/mol. The maximum atomic E-state index is 15.4. The predicted octanol–water partition coefficient (Wildman–Crippen LogP) is 20.0. The third-order valence-electron chi connectivity index (χ3n) is 15.1. The summed E-state index contributed by atoms with van der Waals surface area (Å²) in [6.07, 6.45) is 1.89. The van der Waals surface area contributed by atoms with Gasteiger partial charge in [0.15, 0.2) is 0 Å². The van der Waals surface area contributed by atoms with Crippen LogP contribution in [0.15, 0.2) is 164 Å². The second kappa shape index (κ2) is 21.5. The molecule has 0 spiro atoms. The number of rotatable bonds is 12. The number of para-hydroxylation sites is 4. The van der Waals surface area contributed by atoms with Crippen molar-refractivity contribution in [3.8, 4) is 50.7 Å². The Morgan fingerprint density at radius 1 is 0.538 bits per heavy atom. The molecule has 0 radical (unpaired) electrons. The van der Waals surface area contributed by atoms with Crippen LogP contribution in [0.3, 0.4) is 0 Å². The normalized spacial score (nSPS) is 12.7. The molecule has 398 valence electrons. The van der Waals surface area contributed by atoms with Crippen molar-refractivity contribution in [3.05, 3.63) is 222 Å². The summed E-state index contributed by atoms with van der Waals surface area (Å²) in [5.41, 5.74) is 16.5. The molecule has 2 aromatic heterocycles. The van der Waals surface area contributed by atoms with Gasteiger partial charge in [0.1, 0.15) is 17.5 Å². The Balaban J connectivity index is 0.00000688. The Morgan fingerprint density at radius 2 is 1.14 bits per heavy atom. The van der Waals surface area contributed by atoms with Crippen LogP contribution in [0.4, 0.5) is 31.5 Å². The maximum Gasteiger partial charge on any atom is 0.135 e. The van der Waals surface area contributed by atoms with Crippen LogP contribution < -0.4 is 14.5 Å². The number of hydrogen-bond acceptors (Lipinski definition) is 4. The van der Waals surface area contributed by atoms with Gasteiger partial charge in [-0.25, -0.2) is 13.8 Å². The molecule has 3 heterocycles. The summed E-state index contributed by atoms with van der Waals surface area (Å²) in [4.78, 5) is 9.26. The molecule has 1 aliphatic rings. The molecule has 0 saturated heterocycles. The van der Waals surface area contributed by atoms with Gasteiger partial charge in [0.25, 0.3) is 0 Å². The van der Waals surface area contributed by atoms with Gasteiger partial charge >= 0.3 is 0 Å². The summed E-state index contributed by atoms with van der Waals surface area (Å²) in [5, 5.41) is 2.14. The molecule has 8 aromatic carbocycles. The van der Waals surface area contributed by atoms with E-state index in [1.54, 1.807) is 0 Å². The van der Waals surface area contributed by atoms with Crippen molar-refractivity contribution in [2.45, 2.75) is 105 Å². The zero-order valence-electron chi connectivity index (χ0n) is 46.2. The van der Waals surface area contributed by atoms with E-state index in [4.69, 9.17) is 9.72 Å². The smallest absolute Gasteiger partial charge is 0.135 e. The minimum absolute atomic E-state index is 0. The van der Waals surface area contributed by atoms with E-state index in [0.29, 0.717) is 22.6 Å². The Labute approximate surface area is 473 Å². The largest absolute Gasteiger partial charge is 0.509 e. The van der Waals surface area contributed by atoms with Gasteiger partial charge in [0.05, 0.1) is 0 Å². The van der Waals surface area contributed by atoms with Gasteiger partial charge in [0, 0.05) is 78.5 Å². The summed E-state index contributed by atoms with van der Waals surface area (Å²) < 4.78 is 40.0. The predicted molar refractivity (Wildman–Crippen MR) is 316 cm³/mol. The standard InChI is InChI=1S/C70H65F2N4O.Pt/c1-42(2)46-30-47(43(3)4)32-48(31-46)59-21-17-22-60(49-33-52(71)38-53(72)34-49)69(59)75-41-74(64-24-14-15-25-65(64)75)54-35-50(68-57(44(5)6)19-16-20-58(68)45(7)8)36-56(39-54)77-55-26-27-62-61-18-12-13-23-63(61)76(66(62)40-55)67-37-51(28-29-73-67)70(9,10)11;/h12-38,41-45H,1-11H3;/q-3;. The summed E-state index contributed by atoms with van der Waals surface area (Å²) in [5.74, 6) is 1.58. The minimum Gasteiger partial charge on any atom is -0.509 e. The average molecular weight is 1210 g/mol. The number of anilines is 4. The first kappa shape index (κ1) is 54.0. The van der Waals surface area contributed by atoms with E-state index in [1.807, 2.05) is 36.5 Å². The first-order chi connectivity index (χ1) is 36.9. The van der Waals surface area contributed by atoms with E-state index in [9.17, 15) is 0 Å². The van der Waals surface area contributed by atoms with Crippen molar-refractivity contribution in [1.29, 1.82) is 0 Å². The molecule has 0 bridgehead atoms. The number of nitrogens with zero attached hydrogens (tertiary/aromatic N) is 4. The fourth-order valence-electron chi connectivity index (χ4n) is 11.0. The number of hydrogen-bond donors (Lipinski definition) is 0. The molecule has 0 aliphatic carbocycles. The van der Waals surface area contributed by atoms with E-state index in [2.05, 4.69) is 219 Å². The van der Waals surface area contributed by atoms with E-state index in [1.165, 1.54) is 39.9 Å². The maximum absolute atomic E-state index is 15.4. The molecule has 78 heavy (non-hydrogen) atoms. The van der Waals surface area contributed by atoms with Gasteiger partial charge in [-0.05, 0) is 121 Å². The summed E-state index contributed by atoms with van der Waals surface area (Å²) in [7, 11) is 0. The molecule has 10 aromatic rings. The third kappa shape index (κ3) is 10.2. The second-order valence-corrected chi connectivity index (χ2v) is 22.8. The van der Waals surface area contributed by atoms with Crippen molar-refractivity contribution in [1.82, 2.24) is 9.55 Å². The fourth-order valence-corrected chi connectivity index (χ4v) is 11.0. The number of aromatic nitrogens is 2. The average Bonchev–Trinajstić information content (AvgIpc) is 3.95. The molecule has 1 aliphatic heterocycles. The molecule has 0 N–H and O–H groups in total. The van der Waals surface area contributed by atoms with Crippen molar-refractivity contribution >= 4 is 44.6 Å². The van der Waals surface area contributed by atoms with Crippen LogP contribution in [-0.2, 0) is 26.5 Å². The zero-order valence-corrected chi connectivity index (χ0v) is 48.5. The van der Waals surface area contributed by atoms with E-state index in [0.717, 1.165) is 78.7 Å². The SMILES string of the molecule is CC(C)c1cc(-c2cccc(-c3cc(F)cc(F)c3)c2N2[CH-]N(c3[c-]c(Oc4[c-]c5c(cc4)c4ccccc4n5-c4cc(C(C)(C)C)ccn4)cc(-c4c(C(C)C)cccc4C(C)C)c3)c3ccccc32)cc(C(C)C)c1.[Pt]. The first-order valence-corrected chi connectivity index (χ1v) is 27.0. The van der Waals surface area contributed by atoms with Crippen molar-refractivity contribution in [2.75, 3.05) is 9.80 Å². The van der Waals surface area contributed by atoms with Crippen LogP contribution >= 0.6 is 0 Å². The molecule has 11 rings (SSSR count). The van der Waals surface area contributed by atoms with Crippen molar-refractivity contribution in [2.24, 2.45) is 0 Å². The van der Waals surface area contributed by atoms with Gasteiger partial charge in [-0.1, -0.05) is 167 Å². The topological polar surface area (TPSA) is 33.5 Å². The Hall–Kier alpha value is -7.34. The molecular weight excluding hydrogens is 1150 g/mol. The van der Waals surface area contributed by atoms with Crippen molar-refractivity contribution in [3.63, 3.8) is 0 Å². The molecular formula is C70H65F2N4OPt-3. The van der Waals surface area contributed by atoms with E-state index in [-0.39, 0.29) is 50.2 Å². The van der Waals surface area contributed by atoms with Gasteiger partial charge in [-0.2, -0.15) is 6.07 Å². The molecule has 8 heteroatoms. The molecule has 0 fully saturated rings. The van der Waals surface area contributed by atoms with Crippen LogP contribution in [0.5, 0.6) is 11.5 Å². The van der Waals surface area contributed by atoms with E-state index >= 15 is 8.78 Å². The van der Waals surface area contributed by atoms with Gasteiger partial charge in [-0.3, -0.25) is 0 Å². The number of halogens is 2. The molecule has 0 saturated carbocycles. The number of benzene rings is 8. The van der Waals surface area contributed by atoms with Crippen LogP contribution in [-0.4, -0.2) is 9.55 Å². The van der Waals surface area contributed by atoms with Crippen LogP contribution in [0.1, 0.15) is 128 Å². The number of ether oxygens (including phenoxy) is 1. The third-order valence-corrected chi connectivity index (χ3v) is 15.1. The van der Waals surface area contributed by atoms with Gasteiger partial charge < -0.3 is 19.1 Å². The summed E-state index contributed by atoms with van der Waals surface area (Å²) in [6, 6.07) is 60.1. The van der Waals surface area contributed by atoms with E-state index < -0.39 is 11.6 Å². The summed E-state index contributed by atoms with van der Waals surface area (Å²) >= 11 is 0. The second-order valence-electron chi connectivity index (χ2n) is 22.8. The molecule has 0 atom stereocenters. The van der Waals surface area contributed by atoms with Gasteiger partial charge in [-0.15, -0.1) is 53.6 Å². The van der Waals surface area contributed by atoms with Gasteiger partial charge in [0.2, 0.25) is 0 Å². The first-order valence-electron chi connectivity index (χ1n) is 27.0. The Bertz CT molecular complexity index is 3810.